The molecule has 0 spiro atoms. The number of benzene rings is 1. The quantitative estimate of drug-likeness (QED) is 0.857. The van der Waals surface area contributed by atoms with Gasteiger partial charge in [0.25, 0.3) is 0 Å². The van der Waals surface area contributed by atoms with E-state index in [4.69, 9.17) is 0 Å². The second kappa shape index (κ2) is 5.11. The fourth-order valence-electron chi connectivity index (χ4n) is 2.66. The Morgan fingerprint density at radius 1 is 1.33 bits per heavy atom. The highest BCUT2D eigenvalue weighted by Crippen LogP contribution is 2.33. The van der Waals surface area contributed by atoms with Crippen LogP contribution in [0.1, 0.15) is 44.4 Å². The molecule has 1 aliphatic heterocycles. The van der Waals surface area contributed by atoms with Crippen molar-refractivity contribution in [1.82, 2.24) is 5.32 Å². The molecule has 0 radical (unpaired) electrons. The van der Waals surface area contributed by atoms with Crippen LogP contribution < -0.4 is 10.6 Å². The molecule has 3 heteroatoms. The lowest BCUT2D eigenvalue weighted by atomic mass is 10.0. The fraction of sp³-hybridized carbons (Fsp3) is 0.533. The maximum Gasteiger partial charge on any atom is 0.246 e. The van der Waals surface area contributed by atoms with Crippen molar-refractivity contribution in [2.75, 3.05) is 5.32 Å². The first-order valence-electron chi connectivity index (χ1n) is 6.65. The molecule has 98 valence electrons. The zero-order chi connectivity index (χ0) is 13.3. The molecule has 1 aromatic carbocycles. The average molecular weight is 246 g/mol. The summed E-state index contributed by atoms with van der Waals surface area (Å²) in [6.07, 6.45) is 1.07. The minimum atomic E-state index is -0.200. The first kappa shape index (κ1) is 13.1. The number of para-hydroxylation sites is 1. The Balaban J connectivity index is 2.16. The summed E-state index contributed by atoms with van der Waals surface area (Å²) in [6, 6.07) is 6.20. The van der Waals surface area contributed by atoms with E-state index in [-0.39, 0.29) is 11.9 Å². The molecule has 2 N–H and O–H groups in total. The number of amides is 1. The third kappa shape index (κ3) is 2.56. The number of nitrogens with one attached hydrogen (secondary N) is 2. The van der Waals surface area contributed by atoms with E-state index in [0.29, 0.717) is 12.0 Å². The Labute approximate surface area is 109 Å². The Morgan fingerprint density at radius 2 is 2.06 bits per heavy atom. The lowest BCUT2D eigenvalue weighted by molar-refractivity contribution is -0.117. The van der Waals surface area contributed by atoms with Gasteiger partial charge in [0.2, 0.25) is 5.91 Å². The van der Waals surface area contributed by atoms with Crippen LogP contribution in [0.4, 0.5) is 5.69 Å². The van der Waals surface area contributed by atoms with Gasteiger partial charge in [0.15, 0.2) is 0 Å². The van der Waals surface area contributed by atoms with Gasteiger partial charge in [-0.05, 0) is 31.7 Å². The highest BCUT2D eigenvalue weighted by Gasteiger charge is 2.31. The number of fused-ring (bicyclic) bond motifs is 1. The molecule has 2 rings (SSSR count). The molecule has 0 aliphatic carbocycles. The number of carbonyl (C=O) groups is 1. The molecule has 0 fully saturated rings. The second-order valence-electron chi connectivity index (χ2n) is 5.66. The average Bonchev–Trinajstić information content (AvgIpc) is 2.57. The van der Waals surface area contributed by atoms with Crippen molar-refractivity contribution in [3.8, 4) is 0 Å². The predicted molar refractivity (Wildman–Crippen MR) is 74.6 cm³/mol. The maximum atomic E-state index is 12.0. The summed E-state index contributed by atoms with van der Waals surface area (Å²) < 4.78 is 0. The Bertz CT molecular complexity index is 454. The minimum Gasteiger partial charge on any atom is -0.324 e. The summed E-state index contributed by atoms with van der Waals surface area (Å²) in [4.78, 5) is 12.0. The lowest BCUT2D eigenvalue weighted by Crippen LogP contribution is -2.35. The number of hydrogen-bond acceptors (Lipinski definition) is 2. The molecule has 2 unspecified atom stereocenters. The van der Waals surface area contributed by atoms with Crippen LogP contribution in [0.3, 0.4) is 0 Å². The molecule has 2 atom stereocenters. The molecular formula is C15H22N2O. The standard InChI is InChI=1S/C15H22N2O/c1-9(2)8-11(4)16-14-12-7-5-6-10(3)13(12)17-15(14)18/h5-7,9,11,14,16H,8H2,1-4H3,(H,17,18). The number of anilines is 1. The zero-order valence-corrected chi connectivity index (χ0v) is 11.6. The molecule has 1 aliphatic rings. The van der Waals surface area contributed by atoms with Gasteiger partial charge in [-0.15, -0.1) is 0 Å². The van der Waals surface area contributed by atoms with E-state index in [1.54, 1.807) is 0 Å². The molecule has 1 heterocycles. The third-order valence-electron chi connectivity index (χ3n) is 3.40. The predicted octanol–water partition coefficient (Wildman–Crippen LogP) is 3.01. The second-order valence-corrected chi connectivity index (χ2v) is 5.66. The van der Waals surface area contributed by atoms with E-state index in [9.17, 15) is 4.79 Å². The Kier molecular flexibility index (Phi) is 3.71. The fourth-order valence-corrected chi connectivity index (χ4v) is 2.66. The summed E-state index contributed by atoms with van der Waals surface area (Å²) in [6.45, 7) is 8.57. The van der Waals surface area contributed by atoms with Gasteiger partial charge in [0.05, 0.1) is 0 Å². The van der Waals surface area contributed by atoms with Gasteiger partial charge < -0.3 is 5.32 Å². The monoisotopic (exact) mass is 246 g/mol. The molecule has 0 aromatic heterocycles. The number of carbonyl (C=O) groups excluding carboxylic acids is 1. The van der Waals surface area contributed by atoms with Gasteiger partial charge in [-0.2, -0.15) is 0 Å². The first-order chi connectivity index (χ1) is 8.49. The molecule has 0 saturated heterocycles. The van der Waals surface area contributed by atoms with Gasteiger partial charge in [-0.3, -0.25) is 10.1 Å². The van der Waals surface area contributed by atoms with E-state index in [0.717, 1.165) is 23.2 Å². The van der Waals surface area contributed by atoms with E-state index in [2.05, 4.69) is 31.4 Å². The molecule has 1 amide bonds. The van der Waals surface area contributed by atoms with Crippen molar-refractivity contribution in [2.45, 2.75) is 46.2 Å². The molecule has 18 heavy (non-hydrogen) atoms. The van der Waals surface area contributed by atoms with Crippen molar-refractivity contribution < 1.29 is 4.79 Å². The minimum absolute atomic E-state index is 0.0647. The summed E-state index contributed by atoms with van der Waals surface area (Å²) in [7, 11) is 0. The number of rotatable bonds is 4. The van der Waals surface area contributed by atoms with Crippen LogP contribution >= 0.6 is 0 Å². The zero-order valence-electron chi connectivity index (χ0n) is 11.6. The molecule has 0 bridgehead atoms. The summed E-state index contributed by atoms with van der Waals surface area (Å²) in [5.74, 6) is 0.698. The van der Waals surface area contributed by atoms with Gasteiger partial charge >= 0.3 is 0 Å². The van der Waals surface area contributed by atoms with E-state index < -0.39 is 0 Å². The Morgan fingerprint density at radius 3 is 2.72 bits per heavy atom. The number of hydrogen-bond donors (Lipinski definition) is 2. The maximum absolute atomic E-state index is 12.0. The lowest BCUT2D eigenvalue weighted by Gasteiger charge is -2.20. The normalized spacial score (nSPS) is 19.8. The van der Waals surface area contributed by atoms with Gasteiger partial charge in [0.1, 0.15) is 6.04 Å². The van der Waals surface area contributed by atoms with Crippen molar-refractivity contribution in [3.05, 3.63) is 29.3 Å². The van der Waals surface area contributed by atoms with Crippen LogP contribution in [0.2, 0.25) is 0 Å². The smallest absolute Gasteiger partial charge is 0.246 e. The summed E-state index contributed by atoms with van der Waals surface area (Å²) in [5.41, 5.74) is 3.19. The summed E-state index contributed by atoms with van der Waals surface area (Å²) in [5, 5.41) is 6.40. The number of aryl methyl sites for hydroxylation is 1. The van der Waals surface area contributed by atoms with Crippen LogP contribution in [-0.2, 0) is 4.79 Å². The van der Waals surface area contributed by atoms with Crippen molar-refractivity contribution in [2.24, 2.45) is 5.92 Å². The SMILES string of the molecule is Cc1cccc2c1NC(=O)C2NC(C)CC(C)C. The van der Waals surface area contributed by atoms with E-state index in [1.165, 1.54) is 0 Å². The van der Waals surface area contributed by atoms with Gasteiger partial charge in [0, 0.05) is 17.3 Å². The summed E-state index contributed by atoms with van der Waals surface area (Å²) >= 11 is 0. The van der Waals surface area contributed by atoms with Crippen LogP contribution in [0.15, 0.2) is 18.2 Å². The van der Waals surface area contributed by atoms with Crippen LogP contribution in [0.25, 0.3) is 0 Å². The molecule has 0 saturated carbocycles. The highest BCUT2D eigenvalue weighted by atomic mass is 16.2. The topological polar surface area (TPSA) is 41.1 Å². The highest BCUT2D eigenvalue weighted by molar-refractivity contribution is 6.03. The molecular weight excluding hydrogens is 224 g/mol. The van der Waals surface area contributed by atoms with Gasteiger partial charge in [-0.1, -0.05) is 32.0 Å². The molecule has 3 nitrogen and oxygen atoms in total. The van der Waals surface area contributed by atoms with E-state index in [1.807, 2.05) is 25.1 Å². The van der Waals surface area contributed by atoms with E-state index >= 15 is 0 Å². The third-order valence-corrected chi connectivity index (χ3v) is 3.40. The Hall–Kier alpha value is -1.35. The molecule has 1 aromatic rings. The van der Waals surface area contributed by atoms with Crippen LogP contribution in [-0.4, -0.2) is 11.9 Å². The first-order valence-corrected chi connectivity index (χ1v) is 6.65. The van der Waals surface area contributed by atoms with Crippen molar-refractivity contribution >= 4 is 11.6 Å². The van der Waals surface area contributed by atoms with Gasteiger partial charge in [-0.25, -0.2) is 0 Å². The van der Waals surface area contributed by atoms with Crippen molar-refractivity contribution in [1.29, 1.82) is 0 Å². The van der Waals surface area contributed by atoms with Crippen LogP contribution in [0, 0.1) is 12.8 Å². The largest absolute Gasteiger partial charge is 0.324 e. The van der Waals surface area contributed by atoms with Crippen LogP contribution in [0.5, 0.6) is 0 Å². The van der Waals surface area contributed by atoms with Crippen molar-refractivity contribution in [3.63, 3.8) is 0 Å².